The summed E-state index contributed by atoms with van der Waals surface area (Å²) in [5.41, 5.74) is 3.01. The summed E-state index contributed by atoms with van der Waals surface area (Å²) in [7, 11) is 0. The second-order valence-corrected chi connectivity index (χ2v) is 5.67. The van der Waals surface area contributed by atoms with Crippen molar-refractivity contribution in [2.24, 2.45) is 0 Å². The highest BCUT2D eigenvalue weighted by Gasteiger charge is 2.13. The molecule has 0 fully saturated rings. The van der Waals surface area contributed by atoms with Crippen molar-refractivity contribution in [3.63, 3.8) is 0 Å². The maximum Gasteiger partial charge on any atom is 0.270 e. The molecule has 0 saturated heterocycles. The van der Waals surface area contributed by atoms with Gasteiger partial charge in [0.15, 0.2) is 4.96 Å². The first-order valence-electron chi connectivity index (χ1n) is 6.34. The Balaban J connectivity index is 1.92. The van der Waals surface area contributed by atoms with Crippen LogP contribution in [-0.2, 0) is 0 Å². The minimum absolute atomic E-state index is 0.107. The minimum atomic E-state index is -0.378. The molecule has 2 aromatic carbocycles. The molecule has 102 valence electrons. The fraction of sp³-hybridized carbons (Fsp3) is 0. The first-order valence-corrected chi connectivity index (χ1v) is 7.15. The molecule has 2 heterocycles. The van der Waals surface area contributed by atoms with Crippen molar-refractivity contribution in [3.8, 4) is 11.3 Å². The van der Waals surface area contributed by atoms with Gasteiger partial charge in [-0.2, -0.15) is 0 Å². The molecular weight excluding hydrogens is 286 g/mol. The second-order valence-electron chi connectivity index (χ2n) is 4.66. The third kappa shape index (κ3) is 1.88. The second kappa shape index (κ2) is 4.39. The summed E-state index contributed by atoms with van der Waals surface area (Å²) >= 11 is 1.46. The van der Waals surface area contributed by atoms with Gasteiger partial charge in [-0.3, -0.25) is 14.5 Å². The predicted octanol–water partition coefficient (Wildman–Crippen LogP) is 4.12. The number of thiazole rings is 1. The molecule has 0 aliphatic carbocycles. The van der Waals surface area contributed by atoms with Crippen LogP contribution in [0.25, 0.3) is 26.4 Å². The van der Waals surface area contributed by atoms with Crippen LogP contribution in [0, 0.1) is 10.1 Å². The monoisotopic (exact) mass is 295 g/mol. The smallest absolute Gasteiger partial charge is 0.270 e. The Bertz CT molecular complexity index is 973. The van der Waals surface area contributed by atoms with Crippen molar-refractivity contribution in [1.82, 2.24) is 9.38 Å². The van der Waals surface area contributed by atoms with Gasteiger partial charge in [0.25, 0.3) is 5.69 Å². The van der Waals surface area contributed by atoms with E-state index in [4.69, 9.17) is 0 Å². The standard InChI is InChI=1S/C15H9N3O2S/c19-18(20)11-6-7-13-14(8-11)21-15-16-12(9-17(13)15)10-4-2-1-3-5-10/h1-9H. The topological polar surface area (TPSA) is 60.4 Å². The molecule has 6 heteroatoms. The van der Waals surface area contributed by atoms with Gasteiger partial charge in [0, 0.05) is 23.9 Å². The van der Waals surface area contributed by atoms with E-state index in [1.54, 1.807) is 12.1 Å². The summed E-state index contributed by atoms with van der Waals surface area (Å²) < 4.78 is 2.85. The predicted molar refractivity (Wildman–Crippen MR) is 82.7 cm³/mol. The Morgan fingerprint density at radius 2 is 1.95 bits per heavy atom. The normalized spacial score (nSPS) is 11.2. The Kier molecular flexibility index (Phi) is 2.52. The lowest BCUT2D eigenvalue weighted by molar-refractivity contribution is -0.384. The number of hydrogen-bond acceptors (Lipinski definition) is 4. The van der Waals surface area contributed by atoms with E-state index >= 15 is 0 Å². The van der Waals surface area contributed by atoms with Crippen molar-refractivity contribution in [2.75, 3.05) is 0 Å². The van der Waals surface area contributed by atoms with Crippen molar-refractivity contribution < 1.29 is 4.92 Å². The van der Waals surface area contributed by atoms with Crippen molar-refractivity contribution in [3.05, 3.63) is 64.8 Å². The van der Waals surface area contributed by atoms with Gasteiger partial charge in [-0.05, 0) is 6.07 Å². The molecule has 0 bridgehead atoms. The number of rotatable bonds is 2. The number of imidazole rings is 1. The Morgan fingerprint density at radius 1 is 1.14 bits per heavy atom. The van der Waals surface area contributed by atoms with Gasteiger partial charge >= 0.3 is 0 Å². The zero-order chi connectivity index (χ0) is 14.4. The first-order chi connectivity index (χ1) is 10.2. The van der Waals surface area contributed by atoms with E-state index in [9.17, 15) is 10.1 Å². The molecule has 0 N–H and O–H groups in total. The van der Waals surface area contributed by atoms with E-state index < -0.39 is 0 Å². The van der Waals surface area contributed by atoms with Gasteiger partial charge in [0.05, 0.1) is 20.8 Å². The molecule has 0 aliphatic heterocycles. The molecule has 21 heavy (non-hydrogen) atoms. The van der Waals surface area contributed by atoms with Gasteiger partial charge in [0.2, 0.25) is 0 Å². The van der Waals surface area contributed by atoms with Crippen LogP contribution >= 0.6 is 11.3 Å². The lowest BCUT2D eigenvalue weighted by Gasteiger charge is -1.94. The van der Waals surface area contributed by atoms with Crippen LogP contribution < -0.4 is 0 Å². The van der Waals surface area contributed by atoms with E-state index in [1.807, 2.05) is 40.9 Å². The quantitative estimate of drug-likeness (QED) is 0.413. The molecule has 4 aromatic rings. The van der Waals surface area contributed by atoms with Crippen LogP contribution in [0.15, 0.2) is 54.7 Å². The number of benzene rings is 2. The summed E-state index contributed by atoms with van der Waals surface area (Å²) in [6.07, 6.45) is 1.97. The van der Waals surface area contributed by atoms with Crippen LogP contribution in [0.1, 0.15) is 0 Å². The SMILES string of the molecule is O=[N+]([O-])c1ccc2c(c1)sc1nc(-c3ccccc3)cn12. The molecule has 0 atom stereocenters. The number of aromatic nitrogens is 2. The summed E-state index contributed by atoms with van der Waals surface area (Å²) in [5.74, 6) is 0. The Morgan fingerprint density at radius 3 is 2.71 bits per heavy atom. The largest absolute Gasteiger partial charge is 0.290 e. The summed E-state index contributed by atoms with van der Waals surface area (Å²) in [6, 6.07) is 14.8. The highest BCUT2D eigenvalue weighted by atomic mass is 32.1. The van der Waals surface area contributed by atoms with E-state index in [-0.39, 0.29) is 10.6 Å². The molecule has 5 nitrogen and oxygen atoms in total. The van der Waals surface area contributed by atoms with Crippen LogP contribution in [0.3, 0.4) is 0 Å². The van der Waals surface area contributed by atoms with Crippen LogP contribution in [0.2, 0.25) is 0 Å². The molecule has 4 rings (SSSR count). The number of non-ortho nitro benzene ring substituents is 1. The number of nitro groups is 1. The number of nitro benzene ring substituents is 1. The van der Waals surface area contributed by atoms with E-state index in [0.29, 0.717) is 0 Å². The lowest BCUT2D eigenvalue weighted by atomic mass is 10.2. The first kappa shape index (κ1) is 12.0. The third-order valence-electron chi connectivity index (χ3n) is 3.36. The Labute approximate surface area is 123 Å². The van der Waals surface area contributed by atoms with Crippen molar-refractivity contribution >= 4 is 32.2 Å². The van der Waals surface area contributed by atoms with Gasteiger partial charge < -0.3 is 0 Å². The average molecular weight is 295 g/mol. The highest BCUT2D eigenvalue weighted by molar-refractivity contribution is 7.23. The van der Waals surface area contributed by atoms with Crippen LogP contribution in [-0.4, -0.2) is 14.3 Å². The zero-order valence-electron chi connectivity index (χ0n) is 10.8. The van der Waals surface area contributed by atoms with E-state index in [2.05, 4.69) is 4.98 Å². The number of nitrogens with zero attached hydrogens (tertiary/aromatic N) is 3. The minimum Gasteiger partial charge on any atom is -0.290 e. The molecule has 0 spiro atoms. The van der Waals surface area contributed by atoms with Gasteiger partial charge in [0.1, 0.15) is 0 Å². The molecule has 0 aliphatic rings. The van der Waals surface area contributed by atoms with Crippen molar-refractivity contribution in [1.29, 1.82) is 0 Å². The zero-order valence-corrected chi connectivity index (χ0v) is 11.6. The molecular formula is C15H9N3O2S. The maximum atomic E-state index is 10.8. The highest BCUT2D eigenvalue weighted by Crippen LogP contribution is 2.31. The third-order valence-corrected chi connectivity index (χ3v) is 4.38. The van der Waals surface area contributed by atoms with E-state index in [0.717, 1.165) is 26.4 Å². The molecule has 0 amide bonds. The number of hydrogen-bond donors (Lipinski definition) is 0. The molecule has 0 saturated carbocycles. The van der Waals surface area contributed by atoms with Crippen LogP contribution in [0.4, 0.5) is 5.69 Å². The lowest BCUT2D eigenvalue weighted by Crippen LogP contribution is -1.86. The van der Waals surface area contributed by atoms with Gasteiger partial charge in [-0.25, -0.2) is 4.98 Å². The molecule has 0 unspecified atom stereocenters. The summed E-state index contributed by atoms with van der Waals surface area (Å²) in [6.45, 7) is 0. The summed E-state index contributed by atoms with van der Waals surface area (Å²) in [5, 5.41) is 10.8. The van der Waals surface area contributed by atoms with Gasteiger partial charge in [-0.1, -0.05) is 41.7 Å². The van der Waals surface area contributed by atoms with Gasteiger partial charge in [-0.15, -0.1) is 0 Å². The average Bonchev–Trinajstić information content (AvgIpc) is 3.04. The van der Waals surface area contributed by atoms with Crippen molar-refractivity contribution in [2.45, 2.75) is 0 Å². The molecule has 2 aromatic heterocycles. The maximum absolute atomic E-state index is 10.8. The Hall–Kier alpha value is -2.73. The summed E-state index contributed by atoms with van der Waals surface area (Å²) in [4.78, 5) is 15.9. The van der Waals surface area contributed by atoms with E-state index in [1.165, 1.54) is 17.4 Å². The number of fused-ring (bicyclic) bond motifs is 3. The fourth-order valence-corrected chi connectivity index (χ4v) is 3.39. The van der Waals surface area contributed by atoms with Crippen LogP contribution in [0.5, 0.6) is 0 Å². The fourth-order valence-electron chi connectivity index (χ4n) is 2.35. The molecule has 0 radical (unpaired) electrons.